The number of para-hydroxylation sites is 1. The standard InChI is InChI=1S/C25H23N3OS/c1-17-23-21(28(26-17)20-11-7-4-8-12-20)14-13-19-15-22(30-24(19)23)25(29)27(2)16-18-9-5-3-6-10-18/h3-12,15H,13-14,16H2,1-2H3. The summed E-state index contributed by atoms with van der Waals surface area (Å²) in [5.41, 5.74) is 6.95. The van der Waals surface area contributed by atoms with Gasteiger partial charge in [-0.05, 0) is 49.1 Å². The van der Waals surface area contributed by atoms with Crippen molar-refractivity contribution in [3.05, 3.63) is 94.1 Å². The van der Waals surface area contributed by atoms with Crippen molar-refractivity contribution in [2.45, 2.75) is 26.3 Å². The van der Waals surface area contributed by atoms with Gasteiger partial charge in [0.05, 0.1) is 22.0 Å². The highest BCUT2D eigenvalue weighted by Gasteiger charge is 2.28. The van der Waals surface area contributed by atoms with Gasteiger partial charge in [0, 0.05) is 24.0 Å². The highest BCUT2D eigenvalue weighted by Crippen LogP contribution is 2.42. The second-order valence-electron chi connectivity index (χ2n) is 7.77. The summed E-state index contributed by atoms with van der Waals surface area (Å²) >= 11 is 1.60. The molecular weight excluding hydrogens is 390 g/mol. The maximum absolute atomic E-state index is 13.1. The first-order valence-electron chi connectivity index (χ1n) is 10.2. The molecule has 1 aliphatic carbocycles. The Kier molecular flexibility index (Phi) is 4.75. The molecule has 30 heavy (non-hydrogen) atoms. The van der Waals surface area contributed by atoms with Crippen LogP contribution in [0.4, 0.5) is 0 Å². The van der Waals surface area contributed by atoms with Crippen LogP contribution in [0.2, 0.25) is 0 Å². The molecule has 150 valence electrons. The molecule has 2 heterocycles. The zero-order valence-electron chi connectivity index (χ0n) is 17.1. The zero-order valence-corrected chi connectivity index (χ0v) is 17.9. The largest absolute Gasteiger partial charge is 0.337 e. The van der Waals surface area contributed by atoms with E-state index in [2.05, 4.69) is 41.9 Å². The Morgan fingerprint density at radius 3 is 2.50 bits per heavy atom. The van der Waals surface area contributed by atoms with Gasteiger partial charge in [0.1, 0.15) is 0 Å². The molecule has 0 radical (unpaired) electrons. The maximum Gasteiger partial charge on any atom is 0.263 e. The summed E-state index contributed by atoms with van der Waals surface area (Å²) < 4.78 is 2.07. The van der Waals surface area contributed by atoms with Gasteiger partial charge >= 0.3 is 0 Å². The molecule has 5 rings (SSSR count). The van der Waals surface area contributed by atoms with Gasteiger partial charge in [-0.1, -0.05) is 48.5 Å². The van der Waals surface area contributed by atoms with E-state index in [-0.39, 0.29) is 5.91 Å². The fourth-order valence-corrected chi connectivity index (χ4v) is 5.51. The Bertz CT molecular complexity index is 1210. The van der Waals surface area contributed by atoms with Gasteiger partial charge in [-0.2, -0.15) is 5.10 Å². The number of benzene rings is 2. The summed E-state index contributed by atoms with van der Waals surface area (Å²) in [6.45, 7) is 2.68. The second-order valence-corrected chi connectivity index (χ2v) is 8.82. The van der Waals surface area contributed by atoms with Gasteiger partial charge in [-0.15, -0.1) is 11.3 Å². The van der Waals surface area contributed by atoms with E-state index in [1.165, 1.54) is 21.7 Å². The minimum absolute atomic E-state index is 0.0768. The first-order chi connectivity index (χ1) is 14.6. The van der Waals surface area contributed by atoms with Gasteiger partial charge in [0.15, 0.2) is 0 Å². The molecule has 0 fully saturated rings. The first kappa shape index (κ1) is 18.8. The van der Waals surface area contributed by atoms with Crippen molar-refractivity contribution < 1.29 is 4.79 Å². The molecule has 4 nitrogen and oxygen atoms in total. The summed E-state index contributed by atoms with van der Waals surface area (Å²) in [6, 6.07) is 22.5. The third-order valence-corrected chi connectivity index (χ3v) is 6.83. The molecule has 1 amide bonds. The van der Waals surface area contributed by atoms with Crippen molar-refractivity contribution in [1.29, 1.82) is 0 Å². The van der Waals surface area contributed by atoms with Crippen LogP contribution in [0.3, 0.4) is 0 Å². The molecule has 0 saturated carbocycles. The second kappa shape index (κ2) is 7.58. The molecular formula is C25H23N3OS. The van der Waals surface area contributed by atoms with Crippen molar-refractivity contribution in [2.24, 2.45) is 0 Å². The van der Waals surface area contributed by atoms with Crippen LogP contribution >= 0.6 is 11.3 Å². The van der Waals surface area contributed by atoms with E-state index in [9.17, 15) is 4.79 Å². The quantitative estimate of drug-likeness (QED) is 0.456. The van der Waals surface area contributed by atoms with Gasteiger partial charge in [0.25, 0.3) is 5.91 Å². The molecule has 2 aromatic carbocycles. The molecule has 5 heteroatoms. The monoisotopic (exact) mass is 413 g/mol. The zero-order chi connectivity index (χ0) is 20.7. The number of aryl methyl sites for hydroxylation is 2. The molecule has 0 spiro atoms. The van der Waals surface area contributed by atoms with E-state index in [0.717, 1.165) is 34.7 Å². The Morgan fingerprint density at radius 1 is 1.07 bits per heavy atom. The maximum atomic E-state index is 13.1. The SMILES string of the molecule is Cc1nn(-c2ccccc2)c2c1-c1sc(C(=O)N(C)Cc3ccccc3)cc1CC2. The van der Waals surface area contributed by atoms with Crippen molar-refractivity contribution in [3.8, 4) is 16.1 Å². The van der Waals surface area contributed by atoms with Gasteiger partial charge in [-0.3, -0.25) is 4.79 Å². The Hall–Kier alpha value is -3.18. The van der Waals surface area contributed by atoms with Gasteiger partial charge in [0.2, 0.25) is 0 Å². The predicted octanol–water partition coefficient (Wildman–Crippen LogP) is 5.28. The van der Waals surface area contributed by atoms with E-state index in [0.29, 0.717) is 6.54 Å². The smallest absolute Gasteiger partial charge is 0.263 e. The molecule has 0 aliphatic heterocycles. The lowest BCUT2D eigenvalue weighted by Crippen LogP contribution is -2.25. The molecule has 0 atom stereocenters. The summed E-state index contributed by atoms with van der Waals surface area (Å²) in [4.78, 5) is 16.9. The van der Waals surface area contributed by atoms with Crippen LogP contribution in [0.25, 0.3) is 16.1 Å². The van der Waals surface area contributed by atoms with Crippen molar-refractivity contribution >= 4 is 17.2 Å². The van der Waals surface area contributed by atoms with Gasteiger partial charge < -0.3 is 4.90 Å². The average Bonchev–Trinajstić information content (AvgIpc) is 3.35. The van der Waals surface area contributed by atoms with Crippen molar-refractivity contribution in [3.63, 3.8) is 0 Å². The molecule has 1 aliphatic rings. The molecule has 2 aromatic heterocycles. The van der Waals surface area contributed by atoms with Crippen LogP contribution in [0.15, 0.2) is 66.7 Å². The fourth-order valence-electron chi connectivity index (χ4n) is 4.19. The lowest BCUT2D eigenvalue weighted by atomic mass is 9.95. The van der Waals surface area contributed by atoms with Crippen LogP contribution in [0.5, 0.6) is 0 Å². The first-order valence-corrected chi connectivity index (χ1v) is 11.0. The van der Waals surface area contributed by atoms with Crippen LogP contribution in [-0.2, 0) is 19.4 Å². The normalized spacial score (nSPS) is 12.3. The number of hydrogen-bond acceptors (Lipinski definition) is 3. The fraction of sp³-hybridized carbons (Fsp3) is 0.200. The van der Waals surface area contributed by atoms with Crippen LogP contribution < -0.4 is 0 Å². The number of fused-ring (bicyclic) bond motifs is 3. The van der Waals surface area contributed by atoms with E-state index in [4.69, 9.17) is 5.10 Å². The van der Waals surface area contributed by atoms with Gasteiger partial charge in [-0.25, -0.2) is 4.68 Å². The molecule has 0 saturated heterocycles. The number of carbonyl (C=O) groups excluding carboxylic acids is 1. The lowest BCUT2D eigenvalue weighted by Gasteiger charge is -2.16. The topological polar surface area (TPSA) is 38.1 Å². The Morgan fingerprint density at radius 2 is 1.77 bits per heavy atom. The molecule has 0 bridgehead atoms. The van der Waals surface area contributed by atoms with E-state index < -0.39 is 0 Å². The number of rotatable bonds is 4. The van der Waals surface area contributed by atoms with Crippen molar-refractivity contribution in [2.75, 3.05) is 7.05 Å². The highest BCUT2D eigenvalue weighted by molar-refractivity contribution is 7.17. The summed E-state index contributed by atoms with van der Waals surface area (Å²) in [5, 5.41) is 4.83. The van der Waals surface area contributed by atoms with Crippen molar-refractivity contribution in [1.82, 2.24) is 14.7 Å². The minimum atomic E-state index is 0.0768. The molecule has 0 N–H and O–H groups in total. The number of nitrogens with zero attached hydrogens (tertiary/aromatic N) is 3. The molecule has 0 unspecified atom stereocenters. The predicted molar refractivity (Wildman–Crippen MR) is 121 cm³/mol. The third kappa shape index (κ3) is 3.25. The number of carbonyl (C=O) groups is 1. The Labute approximate surface area is 180 Å². The number of amides is 1. The van der Waals surface area contributed by atoms with E-state index in [1.54, 1.807) is 16.2 Å². The van der Waals surface area contributed by atoms with E-state index in [1.807, 2.05) is 43.4 Å². The summed E-state index contributed by atoms with van der Waals surface area (Å²) in [7, 11) is 1.87. The lowest BCUT2D eigenvalue weighted by molar-refractivity contribution is 0.0790. The van der Waals surface area contributed by atoms with E-state index >= 15 is 0 Å². The number of thiophene rings is 1. The number of aromatic nitrogens is 2. The van der Waals surface area contributed by atoms with Crippen LogP contribution in [0.1, 0.15) is 32.2 Å². The minimum Gasteiger partial charge on any atom is -0.337 e. The highest BCUT2D eigenvalue weighted by atomic mass is 32.1. The molecule has 4 aromatic rings. The third-order valence-electron chi connectivity index (χ3n) is 5.64. The Balaban J connectivity index is 1.47. The van der Waals surface area contributed by atoms with Crippen LogP contribution in [0, 0.1) is 6.92 Å². The summed E-state index contributed by atoms with van der Waals surface area (Å²) in [6.07, 6.45) is 1.87. The number of hydrogen-bond donors (Lipinski definition) is 0. The summed E-state index contributed by atoms with van der Waals surface area (Å²) in [5.74, 6) is 0.0768. The average molecular weight is 414 g/mol. The van der Waals surface area contributed by atoms with Crippen LogP contribution in [-0.4, -0.2) is 27.6 Å².